The first kappa shape index (κ1) is 13.7. The molecule has 1 fully saturated rings. The predicted octanol–water partition coefficient (Wildman–Crippen LogP) is 3.50. The zero-order chi connectivity index (χ0) is 14.7. The van der Waals surface area contributed by atoms with E-state index in [4.69, 9.17) is 4.74 Å². The highest BCUT2D eigenvalue weighted by atomic mass is 16.5. The Morgan fingerprint density at radius 1 is 1.19 bits per heavy atom. The summed E-state index contributed by atoms with van der Waals surface area (Å²) in [6.45, 7) is 2.01. The summed E-state index contributed by atoms with van der Waals surface area (Å²) < 4.78 is 5.33. The monoisotopic (exact) mass is 281 g/mol. The van der Waals surface area contributed by atoms with Crippen molar-refractivity contribution in [2.75, 3.05) is 25.1 Å². The molecule has 0 spiro atoms. The van der Waals surface area contributed by atoms with Gasteiger partial charge in [0, 0.05) is 24.7 Å². The second kappa shape index (κ2) is 6.01. The van der Waals surface area contributed by atoms with Gasteiger partial charge in [-0.2, -0.15) is 5.26 Å². The first-order valence-electron chi connectivity index (χ1n) is 7.45. The molecule has 21 heavy (non-hydrogen) atoms. The Morgan fingerprint density at radius 3 is 2.62 bits per heavy atom. The molecule has 1 aromatic carbocycles. The lowest BCUT2D eigenvalue weighted by molar-refractivity contribution is 0.415. The van der Waals surface area contributed by atoms with Gasteiger partial charge in [0.2, 0.25) is 0 Å². The van der Waals surface area contributed by atoms with Crippen LogP contribution in [-0.4, -0.2) is 25.2 Å². The van der Waals surface area contributed by atoms with Gasteiger partial charge in [-0.15, -0.1) is 0 Å². The average Bonchev–Trinajstić information content (AvgIpc) is 2.82. The standard InChI is InChI=1S/C17H19N3O/c1-21-14-6-7-16-15(10-14)17(13(11-18)12-19-16)20-8-4-2-3-5-9-20/h6-7,10,12H,2-5,8-9H2,1H3. The van der Waals surface area contributed by atoms with Crippen molar-refractivity contribution in [3.8, 4) is 11.8 Å². The highest BCUT2D eigenvalue weighted by Crippen LogP contribution is 2.33. The summed E-state index contributed by atoms with van der Waals surface area (Å²) in [6, 6.07) is 8.15. The zero-order valence-corrected chi connectivity index (χ0v) is 12.3. The van der Waals surface area contributed by atoms with Crippen LogP contribution in [0.5, 0.6) is 5.75 Å². The van der Waals surface area contributed by atoms with E-state index in [0.717, 1.165) is 35.4 Å². The van der Waals surface area contributed by atoms with Crippen LogP contribution in [0, 0.1) is 11.3 Å². The molecule has 0 atom stereocenters. The first-order valence-corrected chi connectivity index (χ1v) is 7.45. The number of nitriles is 1. The number of pyridine rings is 1. The van der Waals surface area contributed by atoms with Gasteiger partial charge in [0.05, 0.1) is 23.9 Å². The fraction of sp³-hybridized carbons (Fsp3) is 0.412. The second-order valence-corrected chi connectivity index (χ2v) is 5.42. The van der Waals surface area contributed by atoms with Crippen LogP contribution >= 0.6 is 0 Å². The minimum absolute atomic E-state index is 0.651. The van der Waals surface area contributed by atoms with Crippen molar-refractivity contribution in [2.24, 2.45) is 0 Å². The van der Waals surface area contributed by atoms with Gasteiger partial charge in [0.15, 0.2) is 0 Å². The molecule has 2 aromatic rings. The zero-order valence-electron chi connectivity index (χ0n) is 12.3. The molecule has 0 N–H and O–H groups in total. The van der Waals surface area contributed by atoms with Gasteiger partial charge in [-0.1, -0.05) is 12.8 Å². The highest BCUT2D eigenvalue weighted by molar-refractivity contribution is 5.95. The minimum Gasteiger partial charge on any atom is -0.497 e. The largest absolute Gasteiger partial charge is 0.497 e. The number of fused-ring (bicyclic) bond motifs is 1. The van der Waals surface area contributed by atoms with E-state index in [0.29, 0.717) is 5.56 Å². The Balaban J connectivity index is 2.18. The Labute approximate surface area is 125 Å². The molecule has 0 bridgehead atoms. The first-order chi connectivity index (χ1) is 10.3. The summed E-state index contributed by atoms with van der Waals surface area (Å²) in [5.41, 5.74) is 2.58. The van der Waals surface area contributed by atoms with E-state index in [1.165, 1.54) is 25.7 Å². The molecule has 4 heteroatoms. The number of benzene rings is 1. The number of hydrogen-bond acceptors (Lipinski definition) is 4. The van der Waals surface area contributed by atoms with Gasteiger partial charge >= 0.3 is 0 Å². The Hall–Kier alpha value is -2.28. The minimum atomic E-state index is 0.651. The summed E-state index contributed by atoms with van der Waals surface area (Å²) in [6.07, 6.45) is 6.59. The maximum atomic E-state index is 9.46. The lowest BCUT2D eigenvalue weighted by Crippen LogP contribution is -2.25. The number of anilines is 1. The molecule has 3 rings (SSSR count). The third-order valence-corrected chi connectivity index (χ3v) is 4.09. The fourth-order valence-corrected chi connectivity index (χ4v) is 3.00. The molecule has 108 valence electrons. The molecule has 2 heterocycles. The van der Waals surface area contributed by atoms with Crippen LogP contribution in [0.25, 0.3) is 10.9 Å². The maximum Gasteiger partial charge on any atom is 0.119 e. The van der Waals surface area contributed by atoms with E-state index in [9.17, 15) is 5.26 Å². The average molecular weight is 281 g/mol. The molecule has 0 amide bonds. The Morgan fingerprint density at radius 2 is 1.95 bits per heavy atom. The van der Waals surface area contributed by atoms with Crippen molar-refractivity contribution >= 4 is 16.6 Å². The van der Waals surface area contributed by atoms with Crippen molar-refractivity contribution < 1.29 is 4.74 Å². The molecule has 0 saturated carbocycles. The quantitative estimate of drug-likeness (QED) is 0.845. The molecule has 1 aliphatic heterocycles. The van der Waals surface area contributed by atoms with E-state index in [2.05, 4.69) is 16.0 Å². The van der Waals surface area contributed by atoms with Gasteiger partial charge < -0.3 is 9.64 Å². The summed E-state index contributed by atoms with van der Waals surface area (Å²) in [7, 11) is 1.66. The van der Waals surface area contributed by atoms with E-state index < -0.39 is 0 Å². The molecule has 1 aliphatic rings. The van der Waals surface area contributed by atoms with E-state index in [1.807, 2.05) is 18.2 Å². The van der Waals surface area contributed by atoms with Gasteiger partial charge in [-0.05, 0) is 31.0 Å². The van der Waals surface area contributed by atoms with Crippen LogP contribution in [0.2, 0.25) is 0 Å². The van der Waals surface area contributed by atoms with Crippen molar-refractivity contribution in [3.05, 3.63) is 30.0 Å². The third kappa shape index (κ3) is 2.64. The fourth-order valence-electron chi connectivity index (χ4n) is 3.00. The SMILES string of the molecule is COc1ccc2ncc(C#N)c(N3CCCCCC3)c2c1. The number of ether oxygens (including phenoxy) is 1. The van der Waals surface area contributed by atoms with Crippen molar-refractivity contribution in [1.29, 1.82) is 5.26 Å². The lowest BCUT2D eigenvalue weighted by Gasteiger charge is -2.25. The molecule has 0 aliphatic carbocycles. The van der Waals surface area contributed by atoms with Gasteiger partial charge in [-0.3, -0.25) is 4.98 Å². The van der Waals surface area contributed by atoms with Crippen LogP contribution in [0.1, 0.15) is 31.2 Å². The van der Waals surface area contributed by atoms with Crippen molar-refractivity contribution in [2.45, 2.75) is 25.7 Å². The summed E-state index contributed by atoms with van der Waals surface area (Å²) in [4.78, 5) is 6.74. The third-order valence-electron chi connectivity index (χ3n) is 4.09. The maximum absolute atomic E-state index is 9.46. The van der Waals surface area contributed by atoms with Crippen LogP contribution in [0.4, 0.5) is 5.69 Å². The van der Waals surface area contributed by atoms with Crippen LogP contribution in [-0.2, 0) is 0 Å². The van der Waals surface area contributed by atoms with Crippen LogP contribution < -0.4 is 9.64 Å². The van der Waals surface area contributed by atoms with E-state index in [1.54, 1.807) is 13.3 Å². The van der Waals surface area contributed by atoms with Crippen molar-refractivity contribution in [3.63, 3.8) is 0 Å². The number of aromatic nitrogens is 1. The second-order valence-electron chi connectivity index (χ2n) is 5.42. The Kier molecular flexibility index (Phi) is 3.92. The van der Waals surface area contributed by atoms with Gasteiger partial charge in [0.1, 0.15) is 11.8 Å². The number of methoxy groups -OCH3 is 1. The van der Waals surface area contributed by atoms with Gasteiger partial charge in [0.25, 0.3) is 0 Å². The summed E-state index contributed by atoms with van der Waals surface area (Å²) in [5.74, 6) is 0.801. The summed E-state index contributed by atoms with van der Waals surface area (Å²) in [5, 5.41) is 10.5. The molecule has 1 aromatic heterocycles. The molecular formula is C17H19N3O. The Bertz CT molecular complexity index is 682. The van der Waals surface area contributed by atoms with Crippen LogP contribution in [0.15, 0.2) is 24.4 Å². The van der Waals surface area contributed by atoms with E-state index in [-0.39, 0.29) is 0 Å². The van der Waals surface area contributed by atoms with Gasteiger partial charge in [-0.25, -0.2) is 0 Å². The smallest absolute Gasteiger partial charge is 0.119 e. The molecule has 1 saturated heterocycles. The summed E-state index contributed by atoms with van der Waals surface area (Å²) >= 11 is 0. The van der Waals surface area contributed by atoms with Crippen molar-refractivity contribution in [1.82, 2.24) is 4.98 Å². The number of rotatable bonds is 2. The predicted molar refractivity (Wildman–Crippen MR) is 83.7 cm³/mol. The lowest BCUT2D eigenvalue weighted by atomic mass is 10.1. The molecule has 0 radical (unpaired) electrons. The van der Waals surface area contributed by atoms with Crippen LogP contribution in [0.3, 0.4) is 0 Å². The normalized spacial score (nSPS) is 15.5. The molecule has 4 nitrogen and oxygen atoms in total. The molecular weight excluding hydrogens is 262 g/mol. The van der Waals surface area contributed by atoms with E-state index >= 15 is 0 Å². The topological polar surface area (TPSA) is 49.1 Å². The highest BCUT2D eigenvalue weighted by Gasteiger charge is 2.17. The number of hydrogen-bond donors (Lipinski definition) is 0. The molecule has 0 unspecified atom stereocenters. The number of nitrogens with zero attached hydrogens (tertiary/aromatic N) is 3.